The van der Waals surface area contributed by atoms with Crippen LogP contribution in [0.5, 0.6) is 5.75 Å². The van der Waals surface area contributed by atoms with Crippen LogP contribution in [-0.2, 0) is 6.42 Å². The largest absolute Gasteiger partial charge is 0.494 e. The van der Waals surface area contributed by atoms with E-state index >= 15 is 0 Å². The maximum atomic E-state index is 9.32. The lowest BCUT2D eigenvalue weighted by atomic mass is 10.0. The summed E-state index contributed by atoms with van der Waals surface area (Å²) in [5.74, 6) is 0.873. The first-order valence-electron chi connectivity index (χ1n) is 5.68. The Morgan fingerprint density at radius 3 is 2.75 bits per heavy atom. The molecule has 1 aromatic carbocycles. The van der Waals surface area contributed by atoms with Crippen molar-refractivity contribution in [2.24, 2.45) is 0 Å². The van der Waals surface area contributed by atoms with Crippen LogP contribution >= 0.6 is 0 Å². The monoisotopic (exact) mass is 224 g/mol. The van der Waals surface area contributed by atoms with Crippen LogP contribution in [0, 0.1) is 6.92 Å². The molecule has 0 radical (unpaired) electrons. The molecule has 0 aromatic heterocycles. The Morgan fingerprint density at radius 2 is 2.12 bits per heavy atom. The Kier molecular flexibility index (Phi) is 5.29. The molecule has 0 heterocycles. The van der Waals surface area contributed by atoms with Crippen molar-refractivity contribution in [3.05, 3.63) is 29.3 Å². The summed E-state index contributed by atoms with van der Waals surface area (Å²) in [7, 11) is 0. The highest BCUT2D eigenvalue weighted by molar-refractivity contribution is 5.37. The smallest absolute Gasteiger partial charge is 0.122 e. The minimum Gasteiger partial charge on any atom is -0.494 e. The van der Waals surface area contributed by atoms with Gasteiger partial charge in [0, 0.05) is 0 Å². The second-order valence-corrected chi connectivity index (χ2v) is 3.92. The molecule has 0 saturated heterocycles. The van der Waals surface area contributed by atoms with Crippen molar-refractivity contribution in [3.8, 4) is 5.75 Å². The fraction of sp³-hybridized carbons (Fsp3) is 0.538. The summed E-state index contributed by atoms with van der Waals surface area (Å²) >= 11 is 0. The highest BCUT2D eigenvalue weighted by atomic mass is 16.5. The van der Waals surface area contributed by atoms with Gasteiger partial charge >= 0.3 is 0 Å². The molecule has 0 aliphatic rings. The zero-order valence-electron chi connectivity index (χ0n) is 9.94. The predicted molar refractivity (Wildman–Crippen MR) is 63.8 cm³/mol. The molecule has 1 atom stereocenters. The lowest BCUT2D eigenvalue weighted by molar-refractivity contribution is 0.0884. The highest BCUT2D eigenvalue weighted by Crippen LogP contribution is 2.22. The Balaban J connectivity index is 2.71. The summed E-state index contributed by atoms with van der Waals surface area (Å²) in [5, 5.41) is 18.1. The molecule has 0 aliphatic carbocycles. The van der Waals surface area contributed by atoms with Crippen molar-refractivity contribution in [2.45, 2.75) is 32.8 Å². The Bertz CT molecular complexity index is 323. The van der Waals surface area contributed by atoms with Crippen LogP contribution in [0.25, 0.3) is 0 Å². The van der Waals surface area contributed by atoms with E-state index < -0.39 is 6.10 Å². The summed E-state index contributed by atoms with van der Waals surface area (Å²) in [5.41, 5.74) is 2.27. The lowest BCUT2D eigenvalue weighted by Gasteiger charge is -2.12. The van der Waals surface area contributed by atoms with E-state index in [0.717, 1.165) is 17.7 Å². The van der Waals surface area contributed by atoms with Gasteiger partial charge in [-0.3, -0.25) is 0 Å². The predicted octanol–water partition coefficient (Wildman–Crippen LogP) is 1.68. The average Bonchev–Trinajstić information content (AvgIpc) is 2.29. The molecule has 0 saturated carbocycles. The topological polar surface area (TPSA) is 49.7 Å². The molecule has 0 bridgehead atoms. The standard InChI is InChI=1S/C13H20O3/c1-3-16-13-7-4-10(2)8-11(13)5-6-12(15)9-14/h4,7-8,12,14-15H,3,5-6,9H2,1-2H3. The second-order valence-electron chi connectivity index (χ2n) is 3.92. The SMILES string of the molecule is CCOc1ccc(C)cc1CCC(O)CO. The van der Waals surface area contributed by atoms with E-state index in [4.69, 9.17) is 9.84 Å². The normalized spacial score (nSPS) is 12.5. The molecule has 1 unspecified atom stereocenters. The van der Waals surface area contributed by atoms with Gasteiger partial charge < -0.3 is 14.9 Å². The molecule has 0 amide bonds. The Morgan fingerprint density at radius 1 is 1.38 bits per heavy atom. The summed E-state index contributed by atoms with van der Waals surface area (Å²) in [6.45, 7) is 4.43. The van der Waals surface area contributed by atoms with Gasteiger partial charge in [-0.25, -0.2) is 0 Å². The fourth-order valence-corrected chi connectivity index (χ4v) is 1.61. The van der Waals surface area contributed by atoms with Gasteiger partial charge in [-0.1, -0.05) is 17.7 Å². The van der Waals surface area contributed by atoms with Crippen molar-refractivity contribution < 1.29 is 14.9 Å². The van der Waals surface area contributed by atoms with Gasteiger partial charge in [-0.15, -0.1) is 0 Å². The number of aliphatic hydroxyl groups is 2. The first-order chi connectivity index (χ1) is 7.67. The van der Waals surface area contributed by atoms with E-state index in [-0.39, 0.29) is 6.61 Å². The van der Waals surface area contributed by atoms with Gasteiger partial charge in [0.2, 0.25) is 0 Å². The van der Waals surface area contributed by atoms with Crippen LogP contribution in [0.15, 0.2) is 18.2 Å². The molecule has 3 heteroatoms. The minimum absolute atomic E-state index is 0.185. The molecular weight excluding hydrogens is 204 g/mol. The molecule has 3 nitrogen and oxygen atoms in total. The van der Waals surface area contributed by atoms with Crippen LogP contribution in [0.3, 0.4) is 0 Å². The molecule has 0 fully saturated rings. The van der Waals surface area contributed by atoms with Gasteiger partial charge in [0.15, 0.2) is 0 Å². The first-order valence-corrected chi connectivity index (χ1v) is 5.68. The number of benzene rings is 1. The maximum absolute atomic E-state index is 9.32. The molecule has 16 heavy (non-hydrogen) atoms. The lowest BCUT2D eigenvalue weighted by Crippen LogP contribution is -2.13. The third-order valence-electron chi connectivity index (χ3n) is 2.47. The summed E-state index contributed by atoms with van der Waals surface area (Å²) in [4.78, 5) is 0. The van der Waals surface area contributed by atoms with Gasteiger partial charge in [-0.2, -0.15) is 0 Å². The Labute approximate surface area is 96.7 Å². The summed E-state index contributed by atoms with van der Waals surface area (Å²) in [6.07, 6.45) is 0.633. The number of ether oxygens (including phenoxy) is 1. The van der Waals surface area contributed by atoms with Crippen molar-refractivity contribution in [1.29, 1.82) is 0 Å². The first kappa shape index (κ1) is 13.0. The minimum atomic E-state index is -0.644. The van der Waals surface area contributed by atoms with Crippen LogP contribution < -0.4 is 4.74 Å². The van der Waals surface area contributed by atoms with Crippen LogP contribution in [-0.4, -0.2) is 29.5 Å². The molecule has 0 aliphatic heterocycles. The molecular formula is C13H20O3. The number of hydrogen-bond acceptors (Lipinski definition) is 3. The van der Waals surface area contributed by atoms with Gasteiger partial charge in [0.05, 0.1) is 19.3 Å². The summed E-state index contributed by atoms with van der Waals surface area (Å²) < 4.78 is 5.51. The quantitative estimate of drug-likeness (QED) is 0.773. The van der Waals surface area contributed by atoms with Crippen molar-refractivity contribution in [1.82, 2.24) is 0 Å². The zero-order valence-corrected chi connectivity index (χ0v) is 9.94. The Hall–Kier alpha value is -1.06. The van der Waals surface area contributed by atoms with Crippen LogP contribution in [0.4, 0.5) is 0 Å². The zero-order chi connectivity index (χ0) is 12.0. The molecule has 1 rings (SSSR count). The molecule has 0 spiro atoms. The molecule has 2 N–H and O–H groups in total. The molecule has 1 aromatic rings. The van der Waals surface area contributed by atoms with E-state index in [0.29, 0.717) is 13.0 Å². The van der Waals surface area contributed by atoms with E-state index in [2.05, 4.69) is 6.07 Å². The third-order valence-corrected chi connectivity index (χ3v) is 2.47. The van der Waals surface area contributed by atoms with Crippen molar-refractivity contribution in [2.75, 3.05) is 13.2 Å². The summed E-state index contributed by atoms with van der Waals surface area (Å²) in [6, 6.07) is 6.03. The van der Waals surface area contributed by atoms with Gasteiger partial charge in [0.25, 0.3) is 0 Å². The van der Waals surface area contributed by atoms with Gasteiger partial charge in [-0.05, 0) is 38.3 Å². The van der Waals surface area contributed by atoms with Crippen molar-refractivity contribution >= 4 is 0 Å². The van der Waals surface area contributed by atoms with Gasteiger partial charge in [0.1, 0.15) is 5.75 Å². The van der Waals surface area contributed by atoms with E-state index in [9.17, 15) is 5.11 Å². The number of hydrogen-bond donors (Lipinski definition) is 2. The number of rotatable bonds is 6. The van der Waals surface area contributed by atoms with Crippen LogP contribution in [0.2, 0.25) is 0 Å². The van der Waals surface area contributed by atoms with Crippen molar-refractivity contribution in [3.63, 3.8) is 0 Å². The highest BCUT2D eigenvalue weighted by Gasteiger charge is 2.07. The van der Waals surface area contributed by atoms with E-state index in [1.165, 1.54) is 5.56 Å². The maximum Gasteiger partial charge on any atom is 0.122 e. The van der Waals surface area contributed by atoms with E-state index in [1.807, 2.05) is 26.0 Å². The number of aryl methyl sites for hydroxylation is 2. The second kappa shape index (κ2) is 6.51. The average molecular weight is 224 g/mol. The molecule has 90 valence electrons. The fourth-order valence-electron chi connectivity index (χ4n) is 1.61. The van der Waals surface area contributed by atoms with E-state index in [1.54, 1.807) is 0 Å². The number of aliphatic hydroxyl groups excluding tert-OH is 2. The third kappa shape index (κ3) is 3.83. The van der Waals surface area contributed by atoms with Crippen LogP contribution in [0.1, 0.15) is 24.5 Å².